The Kier molecular flexibility index (Phi) is 5.17. The van der Waals surface area contributed by atoms with Crippen LogP contribution in [0.1, 0.15) is 42.9 Å². The van der Waals surface area contributed by atoms with E-state index in [1.807, 2.05) is 0 Å². The number of nitriles is 1. The number of anilines is 1. The van der Waals surface area contributed by atoms with Crippen LogP contribution in [0.5, 0.6) is 5.88 Å². The first-order chi connectivity index (χ1) is 14.8. The van der Waals surface area contributed by atoms with Gasteiger partial charge in [-0.2, -0.15) is 10.2 Å². The summed E-state index contributed by atoms with van der Waals surface area (Å²) < 4.78 is 48.2. The molecule has 4 rings (SSSR count). The predicted molar refractivity (Wildman–Crippen MR) is 108 cm³/mol. The Balaban J connectivity index is 1.70. The van der Waals surface area contributed by atoms with E-state index in [4.69, 9.17) is 4.74 Å². The number of benzene rings is 1. The molecule has 1 aliphatic rings. The number of rotatable bonds is 7. The third kappa shape index (κ3) is 3.63. The Labute approximate surface area is 177 Å². The van der Waals surface area contributed by atoms with Crippen molar-refractivity contribution in [2.45, 2.75) is 44.1 Å². The average Bonchev–Trinajstić information content (AvgIpc) is 3.58. The molecular formula is C22H20F3N5O. The van der Waals surface area contributed by atoms with Crippen molar-refractivity contribution in [1.29, 1.82) is 5.26 Å². The lowest BCUT2D eigenvalue weighted by atomic mass is 9.98. The summed E-state index contributed by atoms with van der Waals surface area (Å²) in [6.45, 7) is 1.25. The van der Waals surface area contributed by atoms with Gasteiger partial charge >= 0.3 is 0 Å². The number of methoxy groups -OCH3 is 1. The minimum Gasteiger partial charge on any atom is -0.481 e. The first-order valence-corrected chi connectivity index (χ1v) is 9.86. The zero-order chi connectivity index (χ0) is 22.2. The smallest absolute Gasteiger partial charge is 0.275 e. The molecule has 0 spiro atoms. The van der Waals surface area contributed by atoms with E-state index >= 15 is 0 Å². The Bertz CT molecular complexity index is 1190. The summed E-state index contributed by atoms with van der Waals surface area (Å²) in [7, 11) is 1.48. The van der Waals surface area contributed by atoms with Gasteiger partial charge in [0, 0.05) is 24.1 Å². The maximum atomic E-state index is 14.7. The Morgan fingerprint density at radius 1 is 1.29 bits per heavy atom. The predicted octanol–water partition coefficient (Wildman–Crippen LogP) is 4.84. The highest BCUT2D eigenvalue weighted by Gasteiger charge is 2.47. The van der Waals surface area contributed by atoms with Crippen LogP contribution < -0.4 is 10.1 Å². The van der Waals surface area contributed by atoms with Crippen molar-refractivity contribution in [2.75, 3.05) is 12.4 Å². The first-order valence-electron chi connectivity index (χ1n) is 9.86. The highest BCUT2D eigenvalue weighted by Crippen LogP contribution is 2.51. The zero-order valence-electron chi connectivity index (χ0n) is 17.0. The molecule has 1 aromatic carbocycles. The molecule has 0 unspecified atom stereocenters. The minimum absolute atomic E-state index is 0.0592. The molecule has 1 fully saturated rings. The van der Waals surface area contributed by atoms with Crippen LogP contribution in [0.3, 0.4) is 0 Å². The lowest BCUT2D eigenvalue weighted by molar-refractivity contribution is -0.0118. The van der Waals surface area contributed by atoms with Gasteiger partial charge in [-0.1, -0.05) is 25.1 Å². The number of fused-ring (bicyclic) bond motifs is 1. The van der Waals surface area contributed by atoms with Crippen molar-refractivity contribution >= 4 is 16.9 Å². The summed E-state index contributed by atoms with van der Waals surface area (Å²) in [5, 5.41) is 13.1. The van der Waals surface area contributed by atoms with E-state index in [9.17, 15) is 18.4 Å². The summed E-state index contributed by atoms with van der Waals surface area (Å²) in [5.41, 5.74) is -0.182. The molecule has 0 radical (unpaired) electrons. The molecule has 1 aliphatic carbocycles. The van der Waals surface area contributed by atoms with Crippen LogP contribution in [0.4, 0.5) is 19.0 Å². The summed E-state index contributed by atoms with van der Waals surface area (Å²) >= 11 is 0. The number of nitrogens with zero attached hydrogens (tertiary/aromatic N) is 4. The second-order valence-corrected chi connectivity index (χ2v) is 7.52. The summed E-state index contributed by atoms with van der Waals surface area (Å²) in [4.78, 5) is 12.8. The highest BCUT2D eigenvalue weighted by atomic mass is 19.3. The maximum Gasteiger partial charge on any atom is 0.275 e. The average molecular weight is 427 g/mol. The Morgan fingerprint density at radius 2 is 2.06 bits per heavy atom. The lowest BCUT2D eigenvalue weighted by Crippen LogP contribution is -2.16. The first kappa shape index (κ1) is 20.8. The van der Waals surface area contributed by atoms with Gasteiger partial charge < -0.3 is 10.1 Å². The van der Waals surface area contributed by atoms with E-state index in [0.717, 1.165) is 6.07 Å². The van der Waals surface area contributed by atoms with Gasteiger partial charge in [0.05, 0.1) is 29.5 Å². The van der Waals surface area contributed by atoms with Gasteiger partial charge in [0.25, 0.3) is 5.92 Å². The van der Waals surface area contributed by atoms with Crippen molar-refractivity contribution < 1.29 is 17.9 Å². The second kappa shape index (κ2) is 7.69. The molecule has 1 saturated carbocycles. The highest BCUT2D eigenvalue weighted by molar-refractivity contribution is 5.88. The molecular weight excluding hydrogens is 407 g/mol. The van der Waals surface area contributed by atoms with Crippen molar-refractivity contribution in [3.8, 4) is 11.9 Å². The number of ether oxygens (including phenoxy) is 1. The van der Waals surface area contributed by atoms with E-state index in [-0.39, 0.29) is 12.1 Å². The van der Waals surface area contributed by atoms with Crippen LogP contribution in [0.2, 0.25) is 0 Å². The van der Waals surface area contributed by atoms with Crippen LogP contribution in [0.25, 0.3) is 11.0 Å². The van der Waals surface area contributed by atoms with Crippen LogP contribution in [0, 0.1) is 17.1 Å². The number of hydrogen-bond donors (Lipinski definition) is 1. The Morgan fingerprint density at radius 3 is 2.71 bits per heavy atom. The SMILES string of the molecule is CCC(F)(F)c1cccc(CNc2ncnc3nc(OC)c(C4(C#N)CC4)cc23)c1F. The third-order valence-electron chi connectivity index (χ3n) is 5.63. The normalized spacial score (nSPS) is 14.8. The second-order valence-electron chi connectivity index (χ2n) is 7.52. The summed E-state index contributed by atoms with van der Waals surface area (Å²) in [6.07, 6.45) is 2.21. The summed E-state index contributed by atoms with van der Waals surface area (Å²) in [5.74, 6) is -3.49. The molecule has 0 atom stereocenters. The molecule has 0 saturated heterocycles. The number of halogens is 3. The monoisotopic (exact) mass is 427 g/mol. The molecule has 0 aliphatic heterocycles. The van der Waals surface area contributed by atoms with Crippen LogP contribution in [-0.4, -0.2) is 22.1 Å². The van der Waals surface area contributed by atoms with Gasteiger partial charge in [-0.05, 0) is 18.9 Å². The van der Waals surface area contributed by atoms with Gasteiger partial charge in [-0.15, -0.1) is 0 Å². The van der Waals surface area contributed by atoms with Gasteiger partial charge in [0.1, 0.15) is 18.0 Å². The Hall–Kier alpha value is -3.41. The molecule has 3 aromatic rings. The molecule has 6 nitrogen and oxygen atoms in total. The molecule has 2 heterocycles. The number of alkyl halides is 2. The summed E-state index contributed by atoms with van der Waals surface area (Å²) in [6, 6.07) is 8.03. The van der Waals surface area contributed by atoms with E-state index in [0.29, 0.717) is 41.1 Å². The van der Waals surface area contributed by atoms with E-state index < -0.39 is 29.1 Å². The molecule has 0 bridgehead atoms. The number of aromatic nitrogens is 3. The molecule has 2 aromatic heterocycles. The fourth-order valence-electron chi connectivity index (χ4n) is 3.54. The van der Waals surface area contributed by atoms with Gasteiger partial charge in [-0.3, -0.25) is 0 Å². The molecule has 0 amide bonds. The van der Waals surface area contributed by atoms with Gasteiger partial charge in [0.15, 0.2) is 5.65 Å². The van der Waals surface area contributed by atoms with E-state index in [2.05, 4.69) is 26.3 Å². The quantitative estimate of drug-likeness (QED) is 0.581. The van der Waals surface area contributed by atoms with Crippen LogP contribution in [0.15, 0.2) is 30.6 Å². The standard InChI is InChI=1S/C22H20F3N5O/c1-3-22(24,25)15-6-4-5-13(17(15)23)10-27-18-14-9-16(21(11-26)7-8-21)20(31-2)30-19(14)29-12-28-18/h4-6,9,12H,3,7-8,10H2,1-2H3,(H,27,28,29,30). The third-order valence-corrected chi connectivity index (χ3v) is 5.63. The van der Waals surface area contributed by atoms with E-state index in [1.165, 1.54) is 32.5 Å². The van der Waals surface area contributed by atoms with Crippen molar-refractivity contribution in [1.82, 2.24) is 15.0 Å². The minimum atomic E-state index is -3.24. The van der Waals surface area contributed by atoms with Gasteiger partial charge in [-0.25, -0.2) is 23.1 Å². The number of hydrogen-bond acceptors (Lipinski definition) is 6. The molecule has 1 N–H and O–H groups in total. The van der Waals surface area contributed by atoms with E-state index in [1.54, 1.807) is 6.07 Å². The lowest BCUT2D eigenvalue weighted by Gasteiger charge is -2.17. The molecule has 9 heteroatoms. The molecule has 31 heavy (non-hydrogen) atoms. The van der Waals surface area contributed by atoms with Crippen molar-refractivity contribution in [3.63, 3.8) is 0 Å². The number of pyridine rings is 1. The molecule has 160 valence electrons. The maximum absolute atomic E-state index is 14.7. The van der Waals surface area contributed by atoms with Crippen LogP contribution >= 0.6 is 0 Å². The van der Waals surface area contributed by atoms with Crippen molar-refractivity contribution in [3.05, 3.63) is 53.1 Å². The fourth-order valence-corrected chi connectivity index (χ4v) is 3.54. The fraction of sp³-hybridized carbons (Fsp3) is 0.364. The largest absolute Gasteiger partial charge is 0.481 e. The van der Waals surface area contributed by atoms with Gasteiger partial charge in [0.2, 0.25) is 5.88 Å². The van der Waals surface area contributed by atoms with Crippen LogP contribution in [-0.2, 0) is 17.9 Å². The van der Waals surface area contributed by atoms with Crippen molar-refractivity contribution in [2.24, 2.45) is 0 Å². The topological polar surface area (TPSA) is 83.7 Å². The zero-order valence-corrected chi connectivity index (χ0v) is 17.0. The number of nitrogens with one attached hydrogen (secondary N) is 1.